The van der Waals surface area contributed by atoms with Crippen LogP contribution in [0.25, 0.3) is 16.9 Å². The number of fused-ring (bicyclic) bond motifs is 1. The standard InChI is InChI=1S/C15H12F2N2O3S/c1-8-12(23(2,21)22)3-4-19-13(8)15(20)18-14(19)9-5-10(16)7-11(17)6-9/h3-7,20H,1-2H3. The summed E-state index contributed by atoms with van der Waals surface area (Å²) in [5.41, 5.74) is 0.611. The summed E-state index contributed by atoms with van der Waals surface area (Å²) in [6.07, 6.45) is 2.45. The van der Waals surface area contributed by atoms with Crippen molar-refractivity contribution in [2.45, 2.75) is 11.8 Å². The molecule has 0 bridgehead atoms. The average Bonchev–Trinajstić information content (AvgIpc) is 2.74. The lowest BCUT2D eigenvalue weighted by Gasteiger charge is -2.07. The van der Waals surface area contributed by atoms with E-state index in [0.717, 1.165) is 24.5 Å². The molecule has 0 atom stereocenters. The fraction of sp³-hybridized carbons (Fsp3) is 0.133. The highest BCUT2D eigenvalue weighted by atomic mass is 32.2. The van der Waals surface area contributed by atoms with Crippen molar-refractivity contribution in [1.82, 2.24) is 9.38 Å². The fourth-order valence-corrected chi connectivity index (χ4v) is 3.55. The summed E-state index contributed by atoms with van der Waals surface area (Å²) in [6, 6.07) is 4.25. The van der Waals surface area contributed by atoms with E-state index in [1.165, 1.54) is 23.6 Å². The van der Waals surface area contributed by atoms with Crippen LogP contribution in [0.4, 0.5) is 8.78 Å². The van der Waals surface area contributed by atoms with Crippen molar-refractivity contribution in [3.05, 3.63) is 47.7 Å². The summed E-state index contributed by atoms with van der Waals surface area (Å²) in [4.78, 5) is 3.97. The van der Waals surface area contributed by atoms with E-state index in [4.69, 9.17) is 0 Å². The van der Waals surface area contributed by atoms with E-state index >= 15 is 0 Å². The van der Waals surface area contributed by atoms with E-state index in [0.29, 0.717) is 5.56 Å². The third-order valence-electron chi connectivity index (χ3n) is 3.51. The molecule has 0 aliphatic rings. The predicted octanol–water partition coefficient (Wildman–Crippen LogP) is 2.70. The zero-order chi connectivity index (χ0) is 16.9. The van der Waals surface area contributed by atoms with Gasteiger partial charge < -0.3 is 5.11 Å². The van der Waals surface area contributed by atoms with E-state index in [1.807, 2.05) is 0 Å². The number of aryl methyl sites for hydroxylation is 1. The monoisotopic (exact) mass is 338 g/mol. The molecule has 0 fully saturated rings. The molecule has 0 aliphatic carbocycles. The number of nitrogens with zero attached hydrogens (tertiary/aromatic N) is 2. The Morgan fingerprint density at radius 2 is 1.78 bits per heavy atom. The topological polar surface area (TPSA) is 71.7 Å². The van der Waals surface area contributed by atoms with Crippen LogP contribution in [0.15, 0.2) is 35.4 Å². The van der Waals surface area contributed by atoms with Crippen LogP contribution in [0, 0.1) is 18.6 Å². The highest BCUT2D eigenvalue weighted by molar-refractivity contribution is 7.90. The van der Waals surface area contributed by atoms with Gasteiger partial charge in [-0.05, 0) is 30.7 Å². The number of rotatable bonds is 2. The number of pyridine rings is 1. The van der Waals surface area contributed by atoms with E-state index in [-0.39, 0.29) is 21.8 Å². The van der Waals surface area contributed by atoms with Gasteiger partial charge in [0.05, 0.1) is 4.90 Å². The molecule has 0 aliphatic heterocycles. The molecule has 23 heavy (non-hydrogen) atoms. The Kier molecular flexibility index (Phi) is 3.36. The first-order valence-electron chi connectivity index (χ1n) is 6.55. The smallest absolute Gasteiger partial charge is 0.238 e. The third kappa shape index (κ3) is 2.55. The quantitative estimate of drug-likeness (QED) is 0.780. The minimum absolute atomic E-state index is 0.0529. The van der Waals surface area contributed by atoms with Gasteiger partial charge in [-0.15, -0.1) is 0 Å². The van der Waals surface area contributed by atoms with Crippen molar-refractivity contribution >= 4 is 15.4 Å². The highest BCUT2D eigenvalue weighted by Crippen LogP contribution is 2.32. The number of benzene rings is 1. The molecule has 0 spiro atoms. The molecule has 2 aromatic heterocycles. The van der Waals surface area contributed by atoms with Crippen molar-refractivity contribution in [2.75, 3.05) is 6.26 Å². The second kappa shape index (κ2) is 5.02. The number of aromatic hydroxyl groups is 1. The Morgan fingerprint density at radius 1 is 1.17 bits per heavy atom. The van der Waals surface area contributed by atoms with Crippen LogP contribution in [-0.2, 0) is 9.84 Å². The molecule has 0 radical (unpaired) electrons. The number of hydrogen-bond donors (Lipinski definition) is 1. The normalized spacial score (nSPS) is 12.0. The van der Waals surface area contributed by atoms with Gasteiger partial charge in [0.15, 0.2) is 9.84 Å². The van der Waals surface area contributed by atoms with Gasteiger partial charge in [0, 0.05) is 24.1 Å². The van der Waals surface area contributed by atoms with Crippen molar-refractivity contribution in [3.63, 3.8) is 0 Å². The molecule has 2 heterocycles. The first-order chi connectivity index (χ1) is 10.7. The van der Waals surface area contributed by atoms with Crippen LogP contribution in [0.2, 0.25) is 0 Å². The predicted molar refractivity (Wildman–Crippen MR) is 80.1 cm³/mol. The first kappa shape index (κ1) is 15.4. The second-order valence-electron chi connectivity index (χ2n) is 5.21. The van der Waals surface area contributed by atoms with Gasteiger partial charge in [0.2, 0.25) is 5.88 Å². The maximum absolute atomic E-state index is 13.4. The van der Waals surface area contributed by atoms with E-state index in [9.17, 15) is 22.3 Å². The first-order valence-corrected chi connectivity index (χ1v) is 8.45. The molecule has 0 unspecified atom stereocenters. The van der Waals surface area contributed by atoms with E-state index in [2.05, 4.69) is 4.98 Å². The SMILES string of the molecule is Cc1c(S(C)(=O)=O)ccn2c(-c3cc(F)cc(F)c3)nc(O)c12. The molecule has 8 heteroatoms. The molecule has 0 saturated carbocycles. The third-order valence-corrected chi connectivity index (χ3v) is 4.75. The minimum Gasteiger partial charge on any atom is -0.492 e. The Bertz CT molecular complexity index is 1020. The molecule has 0 amide bonds. The van der Waals surface area contributed by atoms with Crippen molar-refractivity contribution in [3.8, 4) is 17.3 Å². The van der Waals surface area contributed by atoms with Crippen LogP contribution in [0.3, 0.4) is 0 Å². The van der Waals surface area contributed by atoms with Gasteiger partial charge in [-0.2, -0.15) is 4.98 Å². The van der Waals surface area contributed by atoms with Gasteiger partial charge in [0.1, 0.15) is 23.0 Å². The highest BCUT2D eigenvalue weighted by Gasteiger charge is 2.20. The number of imidazole rings is 1. The molecular formula is C15H12F2N2O3S. The van der Waals surface area contributed by atoms with Crippen LogP contribution in [0.1, 0.15) is 5.56 Å². The lowest BCUT2D eigenvalue weighted by molar-refractivity contribution is 0.462. The number of aromatic nitrogens is 2. The van der Waals surface area contributed by atoms with Gasteiger partial charge in [-0.3, -0.25) is 4.40 Å². The van der Waals surface area contributed by atoms with Crippen molar-refractivity contribution < 1.29 is 22.3 Å². The maximum Gasteiger partial charge on any atom is 0.238 e. The van der Waals surface area contributed by atoms with Gasteiger partial charge in [0.25, 0.3) is 0 Å². The zero-order valence-corrected chi connectivity index (χ0v) is 13.0. The molecule has 5 nitrogen and oxygen atoms in total. The van der Waals surface area contributed by atoms with Crippen molar-refractivity contribution in [1.29, 1.82) is 0 Å². The lowest BCUT2D eigenvalue weighted by atomic mass is 10.2. The molecule has 0 saturated heterocycles. The maximum atomic E-state index is 13.4. The summed E-state index contributed by atoms with van der Waals surface area (Å²) in [5, 5.41) is 10.0. The van der Waals surface area contributed by atoms with Crippen LogP contribution >= 0.6 is 0 Å². The minimum atomic E-state index is -3.48. The van der Waals surface area contributed by atoms with Crippen molar-refractivity contribution in [2.24, 2.45) is 0 Å². The summed E-state index contributed by atoms with van der Waals surface area (Å²) < 4.78 is 51.7. The second-order valence-corrected chi connectivity index (χ2v) is 7.20. The summed E-state index contributed by atoms with van der Waals surface area (Å²) >= 11 is 0. The summed E-state index contributed by atoms with van der Waals surface area (Å²) in [6.45, 7) is 1.53. The lowest BCUT2D eigenvalue weighted by Crippen LogP contribution is -2.02. The Morgan fingerprint density at radius 3 is 2.35 bits per heavy atom. The van der Waals surface area contributed by atoms with Crippen LogP contribution < -0.4 is 0 Å². The Hall–Kier alpha value is -2.48. The summed E-state index contributed by atoms with van der Waals surface area (Å²) in [5.74, 6) is -1.85. The summed E-state index contributed by atoms with van der Waals surface area (Å²) in [7, 11) is -3.48. The Balaban J connectivity index is 2.36. The van der Waals surface area contributed by atoms with Gasteiger partial charge >= 0.3 is 0 Å². The Labute approximate surface area is 130 Å². The molecule has 120 valence electrons. The molecule has 3 aromatic rings. The largest absolute Gasteiger partial charge is 0.492 e. The van der Waals surface area contributed by atoms with E-state index < -0.39 is 27.4 Å². The number of sulfone groups is 1. The molecule has 1 aromatic carbocycles. The average molecular weight is 338 g/mol. The zero-order valence-electron chi connectivity index (χ0n) is 12.2. The van der Waals surface area contributed by atoms with E-state index in [1.54, 1.807) is 0 Å². The van der Waals surface area contributed by atoms with Crippen LogP contribution in [0.5, 0.6) is 5.88 Å². The number of halogens is 2. The number of hydrogen-bond acceptors (Lipinski definition) is 4. The van der Waals surface area contributed by atoms with Gasteiger partial charge in [-0.1, -0.05) is 0 Å². The fourth-order valence-electron chi connectivity index (χ4n) is 2.59. The van der Waals surface area contributed by atoms with Crippen LogP contribution in [-0.4, -0.2) is 29.2 Å². The molecular weight excluding hydrogens is 326 g/mol. The molecule has 1 N–H and O–H groups in total. The van der Waals surface area contributed by atoms with Gasteiger partial charge in [-0.25, -0.2) is 17.2 Å². The molecule has 3 rings (SSSR count).